The molecule has 0 unspecified atom stereocenters. The SMILES string of the molecule is CN(C)C(=O)n1c(=O)n(C)c2cnc(OCc3ccc(F)cc3)nc21. The average Bonchev–Trinajstić information content (AvgIpc) is 2.84. The van der Waals surface area contributed by atoms with Crippen LogP contribution in [0.4, 0.5) is 9.18 Å². The van der Waals surface area contributed by atoms with E-state index in [1.165, 1.54) is 34.8 Å². The Balaban J connectivity index is 1.95. The monoisotopic (exact) mass is 345 g/mol. The first-order valence-corrected chi connectivity index (χ1v) is 7.42. The number of amides is 1. The first-order chi connectivity index (χ1) is 11.9. The van der Waals surface area contributed by atoms with E-state index in [1.54, 1.807) is 26.2 Å². The van der Waals surface area contributed by atoms with Crippen LogP contribution in [0.15, 0.2) is 35.3 Å². The molecule has 0 spiro atoms. The minimum atomic E-state index is -0.515. The van der Waals surface area contributed by atoms with Crippen LogP contribution in [-0.2, 0) is 13.7 Å². The molecule has 0 aliphatic carbocycles. The van der Waals surface area contributed by atoms with Gasteiger partial charge in [-0.05, 0) is 17.7 Å². The summed E-state index contributed by atoms with van der Waals surface area (Å²) < 4.78 is 20.7. The second kappa shape index (κ2) is 6.34. The lowest BCUT2D eigenvalue weighted by Gasteiger charge is -2.10. The number of halogens is 1. The van der Waals surface area contributed by atoms with E-state index < -0.39 is 11.7 Å². The molecular weight excluding hydrogens is 329 g/mol. The van der Waals surface area contributed by atoms with E-state index in [-0.39, 0.29) is 24.1 Å². The topological polar surface area (TPSA) is 82.2 Å². The van der Waals surface area contributed by atoms with Gasteiger partial charge in [-0.25, -0.2) is 19.0 Å². The summed E-state index contributed by atoms with van der Waals surface area (Å²) in [6.07, 6.45) is 1.42. The quantitative estimate of drug-likeness (QED) is 0.716. The van der Waals surface area contributed by atoms with Crippen molar-refractivity contribution in [2.45, 2.75) is 6.61 Å². The van der Waals surface area contributed by atoms with Gasteiger partial charge in [-0.3, -0.25) is 4.57 Å². The Kier molecular flexibility index (Phi) is 4.22. The van der Waals surface area contributed by atoms with Gasteiger partial charge in [-0.1, -0.05) is 12.1 Å². The van der Waals surface area contributed by atoms with Gasteiger partial charge >= 0.3 is 17.7 Å². The second-order valence-corrected chi connectivity index (χ2v) is 5.63. The molecule has 0 saturated heterocycles. The smallest absolute Gasteiger partial charge is 0.338 e. The minimum absolute atomic E-state index is 0.0164. The molecule has 3 aromatic rings. The number of carbonyl (C=O) groups excluding carboxylic acids is 1. The Morgan fingerprint density at radius 3 is 2.60 bits per heavy atom. The van der Waals surface area contributed by atoms with Crippen molar-refractivity contribution in [1.82, 2.24) is 24.0 Å². The maximum atomic E-state index is 12.9. The van der Waals surface area contributed by atoms with E-state index in [2.05, 4.69) is 9.97 Å². The Labute approximate surface area is 142 Å². The van der Waals surface area contributed by atoms with Gasteiger partial charge in [0.25, 0.3) is 0 Å². The van der Waals surface area contributed by atoms with Gasteiger partial charge in [0.05, 0.1) is 6.20 Å². The van der Waals surface area contributed by atoms with Gasteiger partial charge in [-0.2, -0.15) is 9.55 Å². The molecule has 25 heavy (non-hydrogen) atoms. The summed E-state index contributed by atoms with van der Waals surface area (Å²) in [5, 5.41) is 0. The number of benzene rings is 1. The van der Waals surface area contributed by atoms with Gasteiger partial charge in [0.2, 0.25) is 0 Å². The molecule has 2 heterocycles. The molecule has 1 amide bonds. The van der Waals surface area contributed by atoms with Crippen LogP contribution in [0.2, 0.25) is 0 Å². The summed E-state index contributed by atoms with van der Waals surface area (Å²) in [5.74, 6) is -0.336. The molecule has 2 aromatic heterocycles. The Morgan fingerprint density at radius 2 is 1.96 bits per heavy atom. The molecule has 9 heteroatoms. The van der Waals surface area contributed by atoms with Crippen molar-refractivity contribution in [3.05, 3.63) is 52.3 Å². The number of imidazole rings is 1. The number of rotatable bonds is 3. The number of carbonyl (C=O) groups is 1. The molecule has 0 bridgehead atoms. The summed E-state index contributed by atoms with van der Waals surface area (Å²) in [6, 6.07) is 5.33. The molecule has 130 valence electrons. The molecule has 3 rings (SSSR count). The van der Waals surface area contributed by atoms with Crippen LogP contribution in [0.25, 0.3) is 11.2 Å². The van der Waals surface area contributed by atoms with E-state index >= 15 is 0 Å². The maximum absolute atomic E-state index is 12.9. The first-order valence-electron chi connectivity index (χ1n) is 7.42. The van der Waals surface area contributed by atoms with E-state index in [1.807, 2.05) is 0 Å². The molecule has 1 aromatic carbocycles. The summed E-state index contributed by atoms with van der Waals surface area (Å²) in [7, 11) is 4.62. The summed E-state index contributed by atoms with van der Waals surface area (Å²) >= 11 is 0. The predicted octanol–water partition coefficient (Wildman–Crippen LogP) is 1.38. The van der Waals surface area contributed by atoms with Gasteiger partial charge in [0.15, 0.2) is 5.65 Å². The maximum Gasteiger partial charge on any atom is 0.338 e. The van der Waals surface area contributed by atoms with Crippen LogP contribution in [-0.4, -0.2) is 44.1 Å². The van der Waals surface area contributed by atoms with Crippen molar-refractivity contribution in [2.24, 2.45) is 7.05 Å². The molecule has 8 nitrogen and oxygen atoms in total. The number of aryl methyl sites for hydroxylation is 1. The summed E-state index contributed by atoms with van der Waals surface area (Å²) in [4.78, 5) is 34.1. The van der Waals surface area contributed by atoms with Gasteiger partial charge in [0, 0.05) is 21.1 Å². The van der Waals surface area contributed by atoms with Crippen LogP contribution < -0.4 is 10.4 Å². The van der Waals surface area contributed by atoms with E-state index in [0.717, 1.165) is 10.1 Å². The van der Waals surface area contributed by atoms with Crippen molar-refractivity contribution in [3.63, 3.8) is 0 Å². The van der Waals surface area contributed by atoms with Crippen molar-refractivity contribution >= 4 is 17.2 Å². The van der Waals surface area contributed by atoms with Gasteiger partial charge < -0.3 is 9.64 Å². The van der Waals surface area contributed by atoms with E-state index in [4.69, 9.17) is 4.74 Å². The fourth-order valence-corrected chi connectivity index (χ4v) is 2.27. The Hall–Kier alpha value is -3.23. The lowest BCUT2D eigenvalue weighted by atomic mass is 10.2. The van der Waals surface area contributed by atoms with E-state index in [0.29, 0.717) is 5.52 Å². The molecule has 0 N–H and O–H groups in total. The predicted molar refractivity (Wildman–Crippen MR) is 88.0 cm³/mol. The van der Waals surface area contributed by atoms with Gasteiger partial charge in [0.1, 0.15) is 17.9 Å². The lowest BCUT2D eigenvalue weighted by molar-refractivity contribution is 0.219. The highest BCUT2D eigenvalue weighted by atomic mass is 19.1. The highest BCUT2D eigenvalue weighted by molar-refractivity contribution is 5.86. The zero-order valence-electron chi connectivity index (χ0n) is 13.9. The standard InChI is InChI=1S/C16H16FN5O3/c1-20(2)15(23)22-13-12(21(3)16(22)24)8-18-14(19-13)25-9-10-4-6-11(17)7-5-10/h4-8H,9H2,1-3H3. The third-order valence-corrected chi connectivity index (χ3v) is 3.63. The zero-order valence-corrected chi connectivity index (χ0v) is 13.9. The Bertz CT molecular complexity index is 991. The molecule has 0 aliphatic heterocycles. The van der Waals surface area contributed by atoms with Crippen molar-refractivity contribution in [3.8, 4) is 6.01 Å². The van der Waals surface area contributed by atoms with Crippen LogP contribution in [0, 0.1) is 5.82 Å². The molecule has 0 aliphatic rings. The average molecular weight is 345 g/mol. The minimum Gasteiger partial charge on any atom is -0.459 e. The number of hydrogen-bond donors (Lipinski definition) is 0. The number of aromatic nitrogens is 4. The molecule has 0 radical (unpaired) electrons. The number of nitrogens with zero attached hydrogens (tertiary/aromatic N) is 5. The number of fused-ring (bicyclic) bond motifs is 1. The van der Waals surface area contributed by atoms with Crippen molar-refractivity contribution < 1.29 is 13.9 Å². The fraction of sp³-hybridized carbons (Fsp3) is 0.250. The molecule has 0 atom stereocenters. The van der Waals surface area contributed by atoms with Crippen LogP contribution in [0.5, 0.6) is 6.01 Å². The summed E-state index contributed by atoms with van der Waals surface area (Å²) in [6.45, 7) is 0.129. The number of hydrogen-bond acceptors (Lipinski definition) is 5. The highest BCUT2D eigenvalue weighted by Gasteiger charge is 2.20. The van der Waals surface area contributed by atoms with E-state index in [9.17, 15) is 14.0 Å². The van der Waals surface area contributed by atoms with Crippen LogP contribution in [0.1, 0.15) is 5.56 Å². The Morgan fingerprint density at radius 1 is 1.28 bits per heavy atom. The molecule has 0 saturated carbocycles. The lowest BCUT2D eigenvalue weighted by Crippen LogP contribution is -2.35. The van der Waals surface area contributed by atoms with Crippen molar-refractivity contribution in [2.75, 3.05) is 14.1 Å². The van der Waals surface area contributed by atoms with Crippen LogP contribution >= 0.6 is 0 Å². The zero-order chi connectivity index (χ0) is 18.1. The fourth-order valence-electron chi connectivity index (χ4n) is 2.27. The highest BCUT2D eigenvalue weighted by Crippen LogP contribution is 2.14. The first kappa shape index (κ1) is 16.6. The normalized spacial score (nSPS) is 10.9. The number of ether oxygens (including phenoxy) is 1. The van der Waals surface area contributed by atoms with Gasteiger partial charge in [-0.15, -0.1) is 0 Å². The molecule has 0 fully saturated rings. The van der Waals surface area contributed by atoms with Crippen molar-refractivity contribution in [1.29, 1.82) is 0 Å². The molecular formula is C16H16FN5O3. The summed E-state index contributed by atoms with van der Waals surface area (Å²) in [5.41, 5.74) is 0.795. The third kappa shape index (κ3) is 3.08. The largest absolute Gasteiger partial charge is 0.459 e. The van der Waals surface area contributed by atoms with Crippen LogP contribution in [0.3, 0.4) is 0 Å². The third-order valence-electron chi connectivity index (χ3n) is 3.63. The second-order valence-electron chi connectivity index (χ2n) is 5.63.